The summed E-state index contributed by atoms with van der Waals surface area (Å²) in [7, 11) is 0. The summed E-state index contributed by atoms with van der Waals surface area (Å²) in [5, 5.41) is 7.12. The summed E-state index contributed by atoms with van der Waals surface area (Å²) in [5.41, 5.74) is 0.409. The highest BCUT2D eigenvalue weighted by molar-refractivity contribution is 4.85. The Morgan fingerprint density at radius 1 is 1.25 bits per heavy atom. The molecule has 0 aliphatic carbocycles. The van der Waals surface area contributed by atoms with Gasteiger partial charge in [-0.2, -0.15) is 0 Å². The SMILES string of the molecule is CC(C)(CNC1CCNC1)C1CCOCC1. The first kappa shape index (κ1) is 12.3. The Bertz CT molecular complexity index is 206. The third-order valence-electron chi connectivity index (χ3n) is 4.23. The zero-order chi connectivity index (χ0) is 11.4. The average Bonchev–Trinajstić information content (AvgIpc) is 2.81. The van der Waals surface area contributed by atoms with Gasteiger partial charge >= 0.3 is 0 Å². The maximum Gasteiger partial charge on any atom is 0.0468 e. The highest BCUT2D eigenvalue weighted by atomic mass is 16.5. The Morgan fingerprint density at radius 3 is 2.62 bits per heavy atom. The Labute approximate surface area is 99.3 Å². The molecule has 94 valence electrons. The molecule has 3 nitrogen and oxygen atoms in total. The second-order valence-corrected chi connectivity index (χ2v) is 5.95. The first-order valence-electron chi connectivity index (χ1n) is 6.70. The van der Waals surface area contributed by atoms with Gasteiger partial charge in [0.15, 0.2) is 0 Å². The molecule has 0 aromatic heterocycles. The Morgan fingerprint density at radius 2 is 2.00 bits per heavy atom. The summed E-state index contributed by atoms with van der Waals surface area (Å²) >= 11 is 0. The molecule has 0 amide bonds. The molecule has 2 saturated heterocycles. The van der Waals surface area contributed by atoms with Gasteiger partial charge in [0.1, 0.15) is 0 Å². The van der Waals surface area contributed by atoms with Gasteiger partial charge in [0, 0.05) is 32.3 Å². The lowest BCUT2D eigenvalue weighted by Crippen LogP contribution is -2.42. The number of nitrogens with one attached hydrogen (secondary N) is 2. The summed E-state index contributed by atoms with van der Waals surface area (Å²) in [6.45, 7) is 10.2. The van der Waals surface area contributed by atoms with Gasteiger partial charge in [-0.15, -0.1) is 0 Å². The van der Waals surface area contributed by atoms with Crippen molar-refractivity contribution >= 4 is 0 Å². The van der Waals surface area contributed by atoms with Crippen LogP contribution in [0.5, 0.6) is 0 Å². The van der Waals surface area contributed by atoms with Crippen LogP contribution in [0.25, 0.3) is 0 Å². The summed E-state index contributed by atoms with van der Waals surface area (Å²) in [6.07, 6.45) is 3.75. The number of hydrogen-bond donors (Lipinski definition) is 2. The molecule has 0 saturated carbocycles. The molecule has 1 unspecified atom stereocenters. The first-order chi connectivity index (χ1) is 7.68. The maximum atomic E-state index is 5.44. The molecule has 0 aromatic rings. The van der Waals surface area contributed by atoms with E-state index >= 15 is 0 Å². The van der Waals surface area contributed by atoms with Crippen LogP contribution >= 0.6 is 0 Å². The number of hydrogen-bond acceptors (Lipinski definition) is 3. The molecule has 2 rings (SSSR count). The van der Waals surface area contributed by atoms with Gasteiger partial charge in [-0.3, -0.25) is 0 Å². The minimum Gasteiger partial charge on any atom is -0.381 e. The van der Waals surface area contributed by atoms with E-state index in [1.165, 1.54) is 25.8 Å². The lowest BCUT2D eigenvalue weighted by Gasteiger charge is -2.37. The standard InChI is InChI=1S/C13H26N2O/c1-13(2,11-4-7-16-8-5-11)10-15-12-3-6-14-9-12/h11-12,14-15H,3-10H2,1-2H3. The van der Waals surface area contributed by atoms with Crippen molar-refractivity contribution < 1.29 is 4.74 Å². The summed E-state index contributed by atoms with van der Waals surface area (Å²) < 4.78 is 5.44. The third kappa shape index (κ3) is 3.19. The third-order valence-corrected chi connectivity index (χ3v) is 4.23. The van der Waals surface area contributed by atoms with E-state index in [0.717, 1.165) is 32.2 Å². The van der Waals surface area contributed by atoms with E-state index in [1.54, 1.807) is 0 Å². The lowest BCUT2D eigenvalue weighted by atomic mass is 9.74. The maximum absolute atomic E-state index is 5.44. The van der Waals surface area contributed by atoms with Crippen LogP contribution in [0, 0.1) is 11.3 Å². The van der Waals surface area contributed by atoms with Crippen LogP contribution in [0.15, 0.2) is 0 Å². The van der Waals surface area contributed by atoms with Crippen LogP contribution in [0.4, 0.5) is 0 Å². The van der Waals surface area contributed by atoms with E-state index in [9.17, 15) is 0 Å². The zero-order valence-corrected chi connectivity index (χ0v) is 10.7. The predicted molar refractivity (Wildman–Crippen MR) is 66.6 cm³/mol. The van der Waals surface area contributed by atoms with Gasteiger partial charge in [0.2, 0.25) is 0 Å². The molecule has 2 fully saturated rings. The Hall–Kier alpha value is -0.120. The summed E-state index contributed by atoms with van der Waals surface area (Å²) in [4.78, 5) is 0. The summed E-state index contributed by atoms with van der Waals surface area (Å²) in [6, 6.07) is 0.694. The lowest BCUT2D eigenvalue weighted by molar-refractivity contribution is 0.0221. The molecule has 0 spiro atoms. The fourth-order valence-corrected chi connectivity index (χ4v) is 2.86. The topological polar surface area (TPSA) is 33.3 Å². The molecule has 1 atom stereocenters. The van der Waals surface area contributed by atoms with Crippen LogP contribution < -0.4 is 10.6 Å². The van der Waals surface area contributed by atoms with Crippen molar-refractivity contribution in [2.75, 3.05) is 32.8 Å². The molecular formula is C13H26N2O. The van der Waals surface area contributed by atoms with E-state index < -0.39 is 0 Å². The van der Waals surface area contributed by atoms with Gasteiger partial charge in [0.25, 0.3) is 0 Å². The minimum atomic E-state index is 0.409. The largest absolute Gasteiger partial charge is 0.381 e. The molecule has 16 heavy (non-hydrogen) atoms. The zero-order valence-electron chi connectivity index (χ0n) is 10.7. The fraction of sp³-hybridized carbons (Fsp3) is 1.00. The Balaban J connectivity index is 1.76. The van der Waals surface area contributed by atoms with Crippen molar-refractivity contribution in [3.8, 4) is 0 Å². The van der Waals surface area contributed by atoms with Crippen LogP contribution in [0.3, 0.4) is 0 Å². The monoisotopic (exact) mass is 226 g/mol. The average molecular weight is 226 g/mol. The number of ether oxygens (including phenoxy) is 1. The Kier molecular flexibility index (Phi) is 4.22. The van der Waals surface area contributed by atoms with Crippen LogP contribution in [0.2, 0.25) is 0 Å². The second-order valence-electron chi connectivity index (χ2n) is 5.95. The first-order valence-corrected chi connectivity index (χ1v) is 6.70. The van der Waals surface area contributed by atoms with E-state index in [2.05, 4.69) is 24.5 Å². The van der Waals surface area contributed by atoms with Crippen LogP contribution in [0.1, 0.15) is 33.1 Å². The van der Waals surface area contributed by atoms with Crippen molar-refractivity contribution in [3.63, 3.8) is 0 Å². The number of rotatable bonds is 4. The van der Waals surface area contributed by atoms with Crippen molar-refractivity contribution in [1.29, 1.82) is 0 Å². The normalized spacial score (nSPS) is 28.5. The predicted octanol–water partition coefficient (Wildman–Crippen LogP) is 1.39. The molecule has 2 aliphatic rings. The van der Waals surface area contributed by atoms with Crippen molar-refractivity contribution in [2.24, 2.45) is 11.3 Å². The van der Waals surface area contributed by atoms with Crippen LogP contribution in [-0.4, -0.2) is 38.9 Å². The van der Waals surface area contributed by atoms with Gasteiger partial charge < -0.3 is 15.4 Å². The molecule has 2 N–H and O–H groups in total. The fourth-order valence-electron chi connectivity index (χ4n) is 2.86. The quantitative estimate of drug-likeness (QED) is 0.760. The molecular weight excluding hydrogens is 200 g/mol. The van der Waals surface area contributed by atoms with Gasteiger partial charge in [-0.05, 0) is 37.1 Å². The highest BCUT2D eigenvalue weighted by Gasteiger charge is 2.31. The molecule has 2 heterocycles. The van der Waals surface area contributed by atoms with Crippen molar-refractivity contribution in [2.45, 2.75) is 39.2 Å². The molecule has 0 bridgehead atoms. The minimum absolute atomic E-state index is 0.409. The van der Waals surface area contributed by atoms with Gasteiger partial charge in [-0.25, -0.2) is 0 Å². The molecule has 0 radical (unpaired) electrons. The second kappa shape index (κ2) is 5.48. The molecule has 2 aliphatic heterocycles. The van der Waals surface area contributed by atoms with Gasteiger partial charge in [0.05, 0.1) is 0 Å². The van der Waals surface area contributed by atoms with E-state index in [1.807, 2.05) is 0 Å². The molecule has 0 aromatic carbocycles. The van der Waals surface area contributed by atoms with Crippen molar-refractivity contribution in [3.05, 3.63) is 0 Å². The van der Waals surface area contributed by atoms with E-state index in [-0.39, 0.29) is 0 Å². The van der Waals surface area contributed by atoms with Crippen LogP contribution in [-0.2, 0) is 4.74 Å². The van der Waals surface area contributed by atoms with E-state index in [4.69, 9.17) is 4.74 Å². The van der Waals surface area contributed by atoms with Gasteiger partial charge in [-0.1, -0.05) is 13.8 Å². The summed E-state index contributed by atoms with van der Waals surface area (Å²) in [5.74, 6) is 0.822. The smallest absolute Gasteiger partial charge is 0.0468 e. The molecule has 3 heteroatoms. The highest BCUT2D eigenvalue weighted by Crippen LogP contribution is 2.33. The van der Waals surface area contributed by atoms with Crippen molar-refractivity contribution in [1.82, 2.24) is 10.6 Å². The van der Waals surface area contributed by atoms with E-state index in [0.29, 0.717) is 11.5 Å².